The van der Waals surface area contributed by atoms with Gasteiger partial charge in [-0.05, 0) is 23.8 Å². The number of rotatable bonds is 7. The molecule has 0 spiro atoms. The molecule has 3 aliphatic rings. The molecule has 1 saturated heterocycles. The molecule has 144 valence electrons. The van der Waals surface area contributed by atoms with E-state index in [9.17, 15) is 4.79 Å². The van der Waals surface area contributed by atoms with Gasteiger partial charge in [0.05, 0.1) is 17.9 Å². The molecule has 5 rings (SSSR count). The maximum atomic E-state index is 12.6. The predicted molar refractivity (Wildman–Crippen MR) is 106 cm³/mol. The molecule has 2 N–H and O–H groups in total. The van der Waals surface area contributed by atoms with Crippen LogP contribution in [0.4, 0.5) is 0 Å². The number of hydrogen-bond donors (Lipinski definition) is 2. The van der Waals surface area contributed by atoms with E-state index in [0.717, 1.165) is 57.2 Å². The lowest BCUT2D eigenvalue weighted by Crippen LogP contribution is -2.46. The quantitative estimate of drug-likeness (QED) is 0.516. The zero-order chi connectivity index (χ0) is 18.9. The smallest absolute Gasteiger partial charge is 0.253 e. The van der Waals surface area contributed by atoms with Crippen LogP contribution in [0.1, 0.15) is 27.4 Å². The van der Waals surface area contributed by atoms with Crippen molar-refractivity contribution in [1.29, 1.82) is 0 Å². The summed E-state index contributed by atoms with van der Waals surface area (Å²) in [6, 6.07) is 10.2. The highest BCUT2D eigenvalue weighted by Gasteiger charge is 2.26. The molecule has 2 aromatic rings. The Morgan fingerprint density at radius 2 is 1.86 bits per heavy atom. The molecule has 0 unspecified atom stereocenters. The lowest BCUT2D eigenvalue weighted by Gasteiger charge is -2.27. The third-order valence-electron chi connectivity index (χ3n) is 5.49. The van der Waals surface area contributed by atoms with Crippen molar-refractivity contribution < 1.29 is 4.79 Å². The van der Waals surface area contributed by atoms with Gasteiger partial charge in [0.15, 0.2) is 0 Å². The van der Waals surface area contributed by atoms with Gasteiger partial charge >= 0.3 is 0 Å². The van der Waals surface area contributed by atoms with Gasteiger partial charge in [-0.25, -0.2) is 4.98 Å². The average molecular weight is 376 g/mol. The fourth-order valence-electron chi connectivity index (χ4n) is 3.83. The minimum absolute atomic E-state index is 0.126. The summed E-state index contributed by atoms with van der Waals surface area (Å²) in [6.07, 6.45) is 5.75. The lowest BCUT2D eigenvalue weighted by molar-refractivity contribution is 0.0736. The third-order valence-corrected chi connectivity index (χ3v) is 5.49. The fourth-order valence-corrected chi connectivity index (χ4v) is 3.83. The zero-order valence-corrected chi connectivity index (χ0v) is 15.8. The number of aromatic nitrogens is 3. The zero-order valence-electron chi connectivity index (χ0n) is 15.8. The second-order valence-corrected chi connectivity index (χ2v) is 7.44. The molecule has 7 heteroatoms. The second kappa shape index (κ2) is 7.26. The van der Waals surface area contributed by atoms with Gasteiger partial charge in [0.25, 0.3) is 5.91 Å². The monoisotopic (exact) mass is 376 g/mol. The van der Waals surface area contributed by atoms with E-state index in [4.69, 9.17) is 0 Å². The molecule has 0 aliphatic carbocycles. The molecule has 0 saturated carbocycles. The van der Waals surface area contributed by atoms with Crippen LogP contribution in [0.2, 0.25) is 0 Å². The van der Waals surface area contributed by atoms with Gasteiger partial charge in [0.2, 0.25) is 0 Å². The number of piperazine rings is 1. The molecule has 7 nitrogen and oxygen atoms in total. The third kappa shape index (κ3) is 3.46. The number of carbonyl (C=O) groups excluding carboxylic acids is 1. The first kappa shape index (κ1) is 17.2. The molecule has 1 amide bonds. The minimum Gasteiger partial charge on any atom is -0.348 e. The minimum atomic E-state index is 0.126. The number of nitrogens with zero attached hydrogens (tertiary/aromatic N) is 4. The van der Waals surface area contributed by atoms with Crippen LogP contribution >= 0.6 is 0 Å². The van der Waals surface area contributed by atoms with Gasteiger partial charge < -0.3 is 19.8 Å². The first-order valence-electron chi connectivity index (χ1n) is 9.78. The molecule has 1 aromatic carbocycles. The number of benzene rings is 1. The van der Waals surface area contributed by atoms with Crippen molar-refractivity contribution in [1.82, 2.24) is 29.7 Å². The Labute approximate surface area is 164 Å². The van der Waals surface area contributed by atoms with Crippen LogP contribution in [0.25, 0.3) is 5.69 Å². The Morgan fingerprint density at radius 3 is 2.50 bits per heavy atom. The molecule has 0 radical (unpaired) electrons. The van der Waals surface area contributed by atoms with E-state index in [1.807, 2.05) is 23.2 Å². The number of imidazole rings is 1. The summed E-state index contributed by atoms with van der Waals surface area (Å²) in [5.74, 6) is 1.09. The van der Waals surface area contributed by atoms with Gasteiger partial charge in [0, 0.05) is 63.4 Å². The van der Waals surface area contributed by atoms with Crippen molar-refractivity contribution in [2.75, 3.05) is 26.2 Å². The Morgan fingerprint density at radius 1 is 1.07 bits per heavy atom. The van der Waals surface area contributed by atoms with E-state index < -0.39 is 0 Å². The van der Waals surface area contributed by atoms with Crippen molar-refractivity contribution in [3.05, 3.63) is 71.6 Å². The maximum Gasteiger partial charge on any atom is 0.253 e. The van der Waals surface area contributed by atoms with Gasteiger partial charge in [0.1, 0.15) is 5.82 Å². The molecular weight excluding hydrogens is 352 g/mol. The summed E-state index contributed by atoms with van der Waals surface area (Å²) < 4.78 is 2.23. The highest BCUT2D eigenvalue weighted by Crippen LogP contribution is 2.33. The number of H-pyrrole nitrogens is 1. The van der Waals surface area contributed by atoms with Crippen LogP contribution in [0.5, 0.6) is 0 Å². The van der Waals surface area contributed by atoms with E-state index in [1.165, 1.54) is 16.9 Å². The summed E-state index contributed by atoms with van der Waals surface area (Å²) in [5, 5.41) is 3.28. The Hall–Kier alpha value is -2.90. The molecule has 3 aliphatic heterocycles. The standard InChI is InChI=1S/C21H24N6O/c28-21(26-11-8-22-9-12-26)17-3-1-16(2-4-17)13-25(15-20-23-6-7-24-20)14-19-18-5-10-27(18)19/h1-7,10,22H,8-9,11-15H2,(H,23,24). The summed E-state index contributed by atoms with van der Waals surface area (Å²) in [5.41, 5.74) is 4.69. The normalized spacial score (nSPS) is 15.2. The van der Waals surface area contributed by atoms with Crippen LogP contribution in [-0.4, -0.2) is 56.4 Å². The van der Waals surface area contributed by atoms with E-state index >= 15 is 0 Å². The first-order chi connectivity index (χ1) is 13.8. The summed E-state index contributed by atoms with van der Waals surface area (Å²) in [6.45, 7) is 5.76. The van der Waals surface area contributed by atoms with Crippen molar-refractivity contribution in [2.24, 2.45) is 0 Å². The lowest BCUT2D eigenvalue weighted by atomic mass is 10.1. The number of fused-ring (bicyclic) bond motifs is 1. The van der Waals surface area contributed by atoms with Gasteiger partial charge in [-0.2, -0.15) is 0 Å². The van der Waals surface area contributed by atoms with Crippen LogP contribution in [0.3, 0.4) is 0 Å². The van der Waals surface area contributed by atoms with E-state index in [0.29, 0.717) is 0 Å². The van der Waals surface area contributed by atoms with Gasteiger partial charge in [-0.15, -0.1) is 0 Å². The van der Waals surface area contributed by atoms with Crippen molar-refractivity contribution in [3.63, 3.8) is 0 Å². The molecular formula is C21H24N6O. The predicted octanol–water partition coefficient (Wildman–Crippen LogP) is 1.76. The fraction of sp³-hybridized carbons (Fsp3) is 0.333. The van der Waals surface area contributed by atoms with E-state index in [1.54, 1.807) is 6.20 Å². The van der Waals surface area contributed by atoms with Gasteiger partial charge in [-0.3, -0.25) is 9.69 Å². The molecule has 0 bridgehead atoms. The number of nitrogens with one attached hydrogen (secondary N) is 2. The van der Waals surface area contributed by atoms with Crippen LogP contribution in [-0.2, 0) is 19.6 Å². The Balaban J connectivity index is 1.26. The Kier molecular flexibility index (Phi) is 4.46. The number of carbonyl (C=O) groups is 1. The molecule has 4 heterocycles. The number of amides is 1. The summed E-state index contributed by atoms with van der Waals surface area (Å²) in [4.78, 5) is 24.5. The van der Waals surface area contributed by atoms with Gasteiger partial charge in [-0.1, -0.05) is 12.1 Å². The van der Waals surface area contributed by atoms with Crippen LogP contribution in [0, 0.1) is 0 Å². The second-order valence-electron chi connectivity index (χ2n) is 7.44. The van der Waals surface area contributed by atoms with Crippen LogP contribution in [0.15, 0.2) is 48.9 Å². The Bertz CT molecular complexity index is 929. The van der Waals surface area contributed by atoms with Crippen molar-refractivity contribution >= 4 is 5.91 Å². The number of aromatic amines is 1. The highest BCUT2D eigenvalue weighted by atomic mass is 16.2. The maximum absolute atomic E-state index is 12.6. The molecule has 0 atom stereocenters. The largest absolute Gasteiger partial charge is 0.348 e. The molecule has 1 fully saturated rings. The molecule has 28 heavy (non-hydrogen) atoms. The molecule has 1 aromatic heterocycles. The first-order valence-corrected chi connectivity index (χ1v) is 9.78. The summed E-state index contributed by atoms with van der Waals surface area (Å²) >= 11 is 0. The average Bonchev–Trinajstić information content (AvgIpc) is 3.02. The van der Waals surface area contributed by atoms with Crippen molar-refractivity contribution in [2.45, 2.75) is 19.6 Å². The SMILES string of the molecule is O=C(c1ccc(CN(Cc2ncc[nH]2)Cc2c3ccn2-3)cc1)N1CCNCC1. The van der Waals surface area contributed by atoms with E-state index in [2.05, 4.69) is 49.1 Å². The van der Waals surface area contributed by atoms with E-state index in [-0.39, 0.29) is 5.91 Å². The summed E-state index contributed by atoms with van der Waals surface area (Å²) in [7, 11) is 0. The van der Waals surface area contributed by atoms with Crippen LogP contribution < -0.4 is 5.32 Å². The topological polar surface area (TPSA) is 69.2 Å². The number of hydrogen-bond acceptors (Lipinski definition) is 4. The van der Waals surface area contributed by atoms with Crippen molar-refractivity contribution in [3.8, 4) is 5.69 Å². The highest BCUT2D eigenvalue weighted by molar-refractivity contribution is 5.94.